The van der Waals surface area contributed by atoms with Crippen molar-refractivity contribution in [1.29, 1.82) is 0 Å². The second-order valence-electron chi connectivity index (χ2n) is 4.57. The van der Waals surface area contributed by atoms with Crippen LogP contribution in [0.3, 0.4) is 0 Å². The number of pyridine rings is 1. The number of hydrogen-bond acceptors (Lipinski definition) is 4. The molecule has 1 aliphatic heterocycles. The van der Waals surface area contributed by atoms with Gasteiger partial charge in [0.15, 0.2) is 0 Å². The molecule has 19 heavy (non-hydrogen) atoms. The van der Waals surface area contributed by atoms with Gasteiger partial charge in [0.25, 0.3) is 5.91 Å². The fraction of sp³-hybridized carbons (Fsp3) is 0.286. The molecule has 1 aromatic heterocycles. The van der Waals surface area contributed by atoms with E-state index in [2.05, 4.69) is 10.3 Å². The number of amides is 1. The molecule has 1 saturated heterocycles. The molecular formula is C14H15N3O2. The quantitative estimate of drug-likeness (QED) is 0.799. The topological polar surface area (TPSA) is 65.5 Å². The molecule has 0 unspecified atom stereocenters. The minimum absolute atomic E-state index is 0.000463. The number of hydrogen-bond donors (Lipinski definition) is 2. The Labute approximate surface area is 110 Å². The van der Waals surface area contributed by atoms with Gasteiger partial charge in [0, 0.05) is 43.3 Å². The van der Waals surface area contributed by atoms with Crippen molar-refractivity contribution in [2.45, 2.75) is 0 Å². The maximum atomic E-state index is 12.5. The number of phenolic OH excluding ortho intramolecular Hbond substituents is 1. The first-order valence-corrected chi connectivity index (χ1v) is 6.34. The lowest BCUT2D eigenvalue weighted by Gasteiger charge is -2.27. The van der Waals surface area contributed by atoms with E-state index < -0.39 is 0 Å². The minimum Gasteiger partial charge on any atom is -0.506 e. The minimum atomic E-state index is -0.000463. The number of fused-ring (bicyclic) bond motifs is 1. The SMILES string of the molecule is O=C(c1ccc(O)c2ncccc12)N1CCNCC1. The maximum Gasteiger partial charge on any atom is 0.254 e. The fourth-order valence-corrected chi connectivity index (χ4v) is 2.38. The summed E-state index contributed by atoms with van der Waals surface area (Å²) in [7, 11) is 0. The Kier molecular flexibility index (Phi) is 3.05. The average Bonchev–Trinajstić information content (AvgIpc) is 2.48. The van der Waals surface area contributed by atoms with Crippen LogP contribution in [0.1, 0.15) is 10.4 Å². The summed E-state index contributed by atoms with van der Waals surface area (Å²) in [5, 5.41) is 13.7. The van der Waals surface area contributed by atoms with Gasteiger partial charge in [-0.25, -0.2) is 0 Å². The first-order valence-electron chi connectivity index (χ1n) is 6.34. The van der Waals surface area contributed by atoms with Crippen LogP contribution in [-0.4, -0.2) is 47.1 Å². The molecule has 3 rings (SSSR count). The van der Waals surface area contributed by atoms with Gasteiger partial charge in [0.1, 0.15) is 11.3 Å². The molecule has 1 aromatic carbocycles. The van der Waals surface area contributed by atoms with Crippen LogP contribution in [0.15, 0.2) is 30.5 Å². The predicted octanol–water partition coefficient (Wildman–Crippen LogP) is 0.986. The molecule has 2 aromatic rings. The van der Waals surface area contributed by atoms with E-state index in [9.17, 15) is 9.90 Å². The van der Waals surface area contributed by atoms with E-state index >= 15 is 0 Å². The Morgan fingerprint density at radius 3 is 2.84 bits per heavy atom. The van der Waals surface area contributed by atoms with Crippen molar-refractivity contribution in [3.63, 3.8) is 0 Å². The van der Waals surface area contributed by atoms with Gasteiger partial charge in [-0.3, -0.25) is 9.78 Å². The molecule has 1 aliphatic rings. The summed E-state index contributed by atoms with van der Waals surface area (Å²) in [6.07, 6.45) is 1.61. The first-order chi connectivity index (χ1) is 9.27. The van der Waals surface area contributed by atoms with E-state index in [0.717, 1.165) is 13.1 Å². The summed E-state index contributed by atoms with van der Waals surface area (Å²) in [6.45, 7) is 3.06. The van der Waals surface area contributed by atoms with Crippen molar-refractivity contribution in [2.24, 2.45) is 0 Å². The van der Waals surface area contributed by atoms with Crippen molar-refractivity contribution in [1.82, 2.24) is 15.2 Å². The summed E-state index contributed by atoms with van der Waals surface area (Å²) in [5.74, 6) is 0.104. The molecule has 1 fully saturated rings. The number of nitrogens with one attached hydrogen (secondary N) is 1. The summed E-state index contributed by atoms with van der Waals surface area (Å²) < 4.78 is 0. The van der Waals surface area contributed by atoms with Crippen molar-refractivity contribution < 1.29 is 9.90 Å². The largest absolute Gasteiger partial charge is 0.506 e. The number of phenols is 1. The van der Waals surface area contributed by atoms with Gasteiger partial charge in [-0.05, 0) is 18.2 Å². The third-order valence-corrected chi connectivity index (χ3v) is 3.38. The molecule has 1 amide bonds. The number of carbonyl (C=O) groups excluding carboxylic acids is 1. The van der Waals surface area contributed by atoms with Crippen LogP contribution in [0.2, 0.25) is 0 Å². The molecule has 2 heterocycles. The summed E-state index contributed by atoms with van der Waals surface area (Å²) in [4.78, 5) is 18.5. The Morgan fingerprint density at radius 1 is 1.26 bits per heavy atom. The molecule has 0 bridgehead atoms. The van der Waals surface area contributed by atoms with Crippen LogP contribution < -0.4 is 5.32 Å². The van der Waals surface area contributed by atoms with Gasteiger partial charge < -0.3 is 15.3 Å². The molecule has 0 spiro atoms. The number of nitrogens with zero attached hydrogens (tertiary/aromatic N) is 2. The van der Waals surface area contributed by atoms with E-state index in [1.807, 2.05) is 11.0 Å². The van der Waals surface area contributed by atoms with Crippen molar-refractivity contribution in [3.05, 3.63) is 36.0 Å². The lowest BCUT2D eigenvalue weighted by Crippen LogP contribution is -2.46. The Balaban J connectivity index is 2.05. The average molecular weight is 257 g/mol. The van der Waals surface area contributed by atoms with Crippen molar-refractivity contribution >= 4 is 16.8 Å². The van der Waals surface area contributed by atoms with Gasteiger partial charge >= 0.3 is 0 Å². The van der Waals surface area contributed by atoms with Crippen LogP contribution in [0, 0.1) is 0 Å². The molecule has 5 heteroatoms. The van der Waals surface area contributed by atoms with Gasteiger partial charge in [-0.1, -0.05) is 6.07 Å². The summed E-state index contributed by atoms with van der Waals surface area (Å²) in [6, 6.07) is 6.79. The lowest BCUT2D eigenvalue weighted by atomic mass is 10.1. The third-order valence-electron chi connectivity index (χ3n) is 3.38. The third kappa shape index (κ3) is 2.13. The fourth-order valence-electron chi connectivity index (χ4n) is 2.38. The standard InChI is InChI=1S/C14H15N3O2/c18-12-4-3-11(10-2-1-5-16-13(10)12)14(19)17-8-6-15-7-9-17/h1-5,15,18H,6-9H2. The molecule has 98 valence electrons. The zero-order valence-corrected chi connectivity index (χ0v) is 10.5. The number of rotatable bonds is 1. The highest BCUT2D eigenvalue weighted by Gasteiger charge is 2.20. The van der Waals surface area contributed by atoms with E-state index in [1.165, 1.54) is 6.07 Å². The molecule has 0 radical (unpaired) electrons. The van der Waals surface area contributed by atoms with Gasteiger partial charge in [-0.2, -0.15) is 0 Å². The number of benzene rings is 1. The molecule has 0 saturated carbocycles. The second-order valence-corrected chi connectivity index (χ2v) is 4.57. The number of piperazine rings is 1. The van der Waals surface area contributed by atoms with Crippen LogP contribution in [-0.2, 0) is 0 Å². The van der Waals surface area contributed by atoms with Crippen LogP contribution in [0.5, 0.6) is 5.75 Å². The van der Waals surface area contributed by atoms with Crippen LogP contribution in [0.25, 0.3) is 10.9 Å². The van der Waals surface area contributed by atoms with E-state index in [4.69, 9.17) is 0 Å². The highest BCUT2D eigenvalue weighted by molar-refractivity contribution is 6.07. The summed E-state index contributed by atoms with van der Waals surface area (Å²) >= 11 is 0. The molecule has 0 atom stereocenters. The second kappa shape index (κ2) is 4.85. The highest BCUT2D eigenvalue weighted by atomic mass is 16.3. The molecule has 2 N–H and O–H groups in total. The lowest BCUT2D eigenvalue weighted by molar-refractivity contribution is 0.0738. The number of aromatic nitrogens is 1. The maximum absolute atomic E-state index is 12.5. The monoisotopic (exact) mass is 257 g/mol. The molecule has 5 nitrogen and oxygen atoms in total. The van der Waals surface area contributed by atoms with E-state index in [1.54, 1.807) is 18.3 Å². The van der Waals surface area contributed by atoms with Gasteiger partial charge in [-0.15, -0.1) is 0 Å². The van der Waals surface area contributed by atoms with E-state index in [0.29, 0.717) is 29.6 Å². The predicted molar refractivity (Wildman–Crippen MR) is 72.2 cm³/mol. The molecule has 0 aliphatic carbocycles. The summed E-state index contributed by atoms with van der Waals surface area (Å²) in [5.41, 5.74) is 1.08. The zero-order chi connectivity index (χ0) is 13.2. The molecular weight excluding hydrogens is 242 g/mol. The Morgan fingerprint density at radius 2 is 2.05 bits per heavy atom. The van der Waals surface area contributed by atoms with Gasteiger partial charge in [0.05, 0.1) is 0 Å². The van der Waals surface area contributed by atoms with Crippen molar-refractivity contribution in [3.8, 4) is 5.75 Å². The number of aromatic hydroxyl groups is 1. The smallest absolute Gasteiger partial charge is 0.254 e. The normalized spacial score (nSPS) is 15.7. The Bertz CT molecular complexity index is 621. The first kappa shape index (κ1) is 11.9. The Hall–Kier alpha value is -2.14. The van der Waals surface area contributed by atoms with E-state index in [-0.39, 0.29) is 11.7 Å². The van der Waals surface area contributed by atoms with Crippen LogP contribution >= 0.6 is 0 Å². The highest BCUT2D eigenvalue weighted by Crippen LogP contribution is 2.26. The van der Waals surface area contributed by atoms with Crippen molar-refractivity contribution in [2.75, 3.05) is 26.2 Å². The van der Waals surface area contributed by atoms with Gasteiger partial charge in [0.2, 0.25) is 0 Å². The number of carbonyl (C=O) groups is 1. The van der Waals surface area contributed by atoms with Crippen LogP contribution in [0.4, 0.5) is 0 Å². The zero-order valence-electron chi connectivity index (χ0n) is 10.5.